The lowest BCUT2D eigenvalue weighted by atomic mass is 9.86. The maximum absolute atomic E-state index is 12.4. The van der Waals surface area contributed by atoms with Crippen molar-refractivity contribution in [3.05, 3.63) is 70.8 Å². The Morgan fingerprint density at radius 3 is 2.40 bits per heavy atom. The quantitative estimate of drug-likeness (QED) is 0.783. The summed E-state index contributed by atoms with van der Waals surface area (Å²) in [5.74, 6) is -0.162. The molecule has 1 aliphatic rings. The van der Waals surface area contributed by atoms with Crippen molar-refractivity contribution in [3.8, 4) is 0 Å². The van der Waals surface area contributed by atoms with Gasteiger partial charge in [-0.15, -0.1) is 0 Å². The lowest BCUT2D eigenvalue weighted by Gasteiger charge is -2.38. The van der Waals surface area contributed by atoms with E-state index in [2.05, 4.69) is 60.4 Å². The summed E-state index contributed by atoms with van der Waals surface area (Å²) in [6.45, 7) is 9.04. The third-order valence-corrected chi connectivity index (χ3v) is 4.62. The number of hydrogen-bond acceptors (Lipinski definition) is 3. The molecule has 0 fully saturated rings. The van der Waals surface area contributed by atoms with Crippen LogP contribution in [0.15, 0.2) is 48.5 Å². The third-order valence-electron chi connectivity index (χ3n) is 4.62. The van der Waals surface area contributed by atoms with Crippen LogP contribution in [0.25, 0.3) is 0 Å². The molecule has 1 atom stereocenters. The zero-order chi connectivity index (χ0) is 18.0. The average Bonchev–Trinajstić information content (AvgIpc) is 2.54. The first-order valence-electron chi connectivity index (χ1n) is 8.94. The van der Waals surface area contributed by atoms with Crippen LogP contribution in [-0.2, 0) is 16.0 Å². The largest absolute Gasteiger partial charge is 0.459 e. The van der Waals surface area contributed by atoms with E-state index in [0.717, 1.165) is 13.0 Å². The molecule has 25 heavy (non-hydrogen) atoms. The first-order chi connectivity index (χ1) is 11.8. The summed E-state index contributed by atoms with van der Waals surface area (Å²) in [5.41, 5.74) is 4.72. The van der Waals surface area contributed by atoms with Crippen molar-refractivity contribution in [3.63, 3.8) is 0 Å². The predicted octanol–water partition coefficient (Wildman–Crippen LogP) is 4.28. The van der Waals surface area contributed by atoms with Crippen molar-refractivity contribution in [1.82, 2.24) is 4.90 Å². The Hall–Kier alpha value is -2.13. The molecule has 0 amide bonds. The molecular formula is C22H27NO2. The van der Waals surface area contributed by atoms with Gasteiger partial charge in [0.1, 0.15) is 5.60 Å². The van der Waals surface area contributed by atoms with Crippen molar-refractivity contribution in [1.29, 1.82) is 0 Å². The molecule has 0 N–H and O–H groups in total. The Bertz CT molecular complexity index is 761. The fourth-order valence-corrected chi connectivity index (χ4v) is 3.59. The number of fused-ring (bicyclic) bond motifs is 1. The molecule has 132 valence electrons. The van der Waals surface area contributed by atoms with E-state index in [1.165, 1.54) is 22.3 Å². The summed E-state index contributed by atoms with van der Waals surface area (Å²) in [6, 6.07) is 17.1. The first-order valence-corrected chi connectivity index (χ1v) is 8.94. The Labute approximate surface area is 150 Å². The van der Waals surface area contributed by atoms with Crippen LogP contribution in [-0.4, -0.2) is 29.6 Å². The number of esters is 1. The van der Waals surface area contributed by atoms with Gasteiger partial charge in [-0.25, -0.2) is 0 Å². The van der Waals surface area contributed by atoms with E-state index >= 15 is 0 Å². The summed E-state index contributed by atoms with van der Waals surface area (Å²) in [6.07, 6.45) is 0.960. The zero-order valence-electron chi connectivity index (χ0n) is 15.6. The fraction of sp³-hybridized carbons (Fsp3) is 0.409. The molecule has 2 aromatic rings. The number of rotatable bonds is 3. The molecule has 0 radical (unpaired) electrons. The smallest absolute Gasteiger partial charge is 0.320 e. The molecule has 2 aromatic carbocycles. The molecule has 0 aromatic heterocycles. The van der Waals surface area contributed by atoms with Gasteiger partial charge in [-0.2, -0.15) is 0 Å². The van der Waals surface area contributed by atoms with E-state index in [1.807, 2.05) is 20.8 Å². The van der Waals surface area contributed by atoms with E-state index in [0.29, 0.717) is 6.54 Å². The van der Waals surface area contributed by atoms with Gasteiger partial charge in [-0.05, 0) is 56.4 Å². The van der Waals surface area contributed by atoms with Crippen LogP contribution in [0.4, 0.5) is 0 Å². The number of carbonyl (C=O) groups is 1. The van der Waals surface area contributed by atoms with Crippen molar-refractivity contribution in [2.45, 2.75) is 45.8 Å². The molecule has 0 spiro atoms. The molecule has 0 aliphatic carbocycles. The van der Waals surface area contributed by atoms with Crippen LogP contribution in [0.2, 0.25) is 0 Å². The van der Waals surface area contributed by atoms with Gasteiger partial charge in [-0.3, -0.25) is 9.69 Å². The summed E-state index contributed by atoms with van der Waals surface area (Å²) >= 11 is 0. The van der Waals surface area contributed by atoms with Crippen LogP contribution < -0.4 is 0 Å². The van der Waals surface area contributed by atoms with Gasteiger partial charge in [0.2, 0.25) is 0 Å². The Morgan fingerprint density at radius 2 is 1.72 bits per heavy atom. The minimum absolute atomic E-state index is 0.0960. The molecular weight excluding hydrogens is 310 g/mol. The molecule has 3 nitrogen and oxygen atoms in total. The van der Waals surface area contributed by atoms with Crippen molar-refractivity contribution < 1.29 is 9.53 Å². The topological polar surface area (TPSA) is 29.5 Å². The molecule has 0 bridgehead atoms. The lowest BCUT2D eigenvalue weighted by molar-refractivity contribution is -0.156. The van der Waals surface area contributed by atoms with E-state index in [9.17, 15) is 4.79 Å². The number of hydrogen-bond donors (Lipinski definition) is 0. The van der Waals surface area contributed by atoms with E-state index in [4.69, 9.17) is 4.74 Å². The van der Waals surface area contributed by atoms with Gasteiger partial charge >= 0.3 is 5.97 Å². The van der Waals surface area contributed by atoms with Crippen LogP contribution in [0.1, 0.15) is 49.1 Å². The fourth-order valence-electron chi connectivity index (χ4n) is 3.59. The van der Waals surface area contributed by atoms with Crippen LogP contribution in [0.5, 0.6) is 0 Å². The van der Waals surface area contributed by atoms with Crippen LogP contribution in [0, 0.1) is 6.92 Å². The molecule has 1 heterocycles. The summed E-state index contributed by atoms with van der Waals surface area (Å²) < 4.78 is 5.56. The molecule has 3 rings (SSSR count). The van der Waals surface area contributed by atoms with Crippen LogP contribution >= 0.6 is 0 Å². The standard InChI is InChI=1S/C22H27NO2/c1-16-9-5-7-11-18(16)21-19-12-8-6-10-17(19)13-14-23(21)15-20(24)25-22(2,3)4/h5-12,21H,13-15H2,1-4H3. The number of benzene rings is 2. The van der Waals surface area contributed by atoms with E-state index < -0.39 is 5.60 Å². The number of aryl methyl sites for hydroxylation is 1. The maximum Gasteiger partial charge on any atom is 0.320 e. The second-order valence-electron chi connectivity index (χ2n) is 7.76. The number of nitrogens with zero attached hydrogens (tertiary/aromatic N) is 1. The van der Waals surface area contributed by atoms with Crippen LogP contribution in [0.3, 0.4) is 0 Å². The normalized spacial score (nSPS) is 17.8. The maximum atomic E-state index is 12.4. The highest BCUT2D eigenvalue weighted by atomic mass is 16.6. The average molecular weight is 337 g/mol. The summed E-state index contributed by atoms with van der Waals surface area (Å²) in [4.78, 5) is 14.7. The zero-order valence-corrected chi connectivity index (χ0v) is 15.6. The SMILES string of the molecule is Cc1ccccc1C1c2ccccc2CCN1CC(=O)OC(C)(C)C. The van der Waals surface area contributed by atoms with Gasteiger partial charge in [0.15, 0.2) is 0 Å². The summed E-state index contributed by atoms with van der Waals surface area (Å²) in [5, 5.41) is 0. The second kappa shape index (κ2) is 7.01. The Balaban J connectivity index is 1.95. The highest BCUT2D eigenvalue weighted by molar-refractivity contribution is 5.72. The van der Waals surface area contributed by atoms with E-state index in [1.54, 1.807) is 0 Å². The highest BCUT2D eigenvalue weighted by Crippen LogP contribution is 2.36. The molecule has 0 saturated heterocycles. The van der Waals surface area contributed by atoms with Crippen molar-refractivity contribution in [2.75, 3.05) is 13.1 Å². The molecule has 3 heteroatoms. The minimum Gasteiger partial charge on any atom is -0.459 e. The third kappa shape index (κ3) is 4.10. The Kier molecular flexibility index (Phi) is 4.96. The number of ether oxygens (including phenoxy) is 1. The summed E-state index contributed by atoms with van der Waals surface area (Å²) in [7, 11) is 0. The van der Waals surface area contributed by atoms with Gasteiger partial charge in [0.25, 0.3) is 0 Å². The number of carbonyl (C=O) groups excluding carboxylic acids is 1. The Morgan fingerprint density at radius 1 is 1.08 bits per heavy atom. The highest BCUT2D eigenvalue weighted by Gasteiger charge is 2.31. The monoisotopic (exact) mass is 337 g/mol. The first kappa shape index (κ1) is 17.7. The van der Waals surface area contributed by atoms with Gasteiger partial charge in [-0.1, -0.05) is 48.5 Å². The van der Waals surface area contributed by atoms with Gasteiger partial charge < -0.3 is 4.74 Å². The predicted molar refractivity (Wildman–Crippen MR) is 101 cm³/mol. The molecule has 1 unspecified atom stereocenters. The van der Waals surface area contributed by atoms with Gasteiger partial charge in [0.05, 0.1) is 12.6 Å². The molecule has 1 aliphatic heterocycles. The lowest BCUT2D eigenvalue weighted by Crippen LogP contribution is -2.41. The van der Waals surface area contributed by atoms with Crippen molar-refractivity contribution >= 4 is 5.97 Å². The second-order valence-corrected chi connectivity index (χ2v) is 7.76. The molecule has 0 saturated carbocycles. The minimum atomic E-state index is -0.455. The van der Waals surface area contributed by atoms with E-state index in [-0.39, 0.29) is 12.0 Å². The van der Waals surface area contributed by atoms with Gasteiger partial charge in [0, 0.05) is 6.54 Å². The van der Waals surface area contributed by atoms with Crippen molar-refractivity contribution in [2.24, 2.45) is 0 Å².